The summed E-state index contributed by atoms with van der Waals surface area (Å²) in [7, 11) is 0. The van der Waals surface area contributed by atoms with Gasteiger partial charge in [0.2, 0.25) is 0 Å². The van der Waals surface area contributed by atoms with E-state index >= 15 is 0 Å². The zero-order valence-corrected chi connectivity index (χ0v) is 25.7. The fraction of sp³-hybridized carbons (Fsp3) is 0.444. The monoisotopic (exact) mass is 584 g/mol. The Bertz CT molecular complexity index is 1460. The number of ketones is 1. The molecule has 0 unspecified atom stereocenters. The fourth-order valence-electron chi connectivity index (χ4n) is 5.57. The van der Waals surface area contributed by atoms with Crippen LogP contribution in [-0.2, 0) is 17.4 Å². The third kappa shape index (κ3) is 7.84. The second-order valence-electron chi connectivity index (χ2n) is 13.0. The van der Waals surface area contributed by atoms with Crippen molar-refractivity contribution in [2.24, 2.45) is 0 Å². The van der Waals surface area contributed by atoms with Crippen LogP contribution in [0.15, 0.2) is 66.7 Å². The van der Waals surface area contributed by atoms with Gasteiger partial charge >= 0.3 is 0 Å². The van der Waals surface area contributed by atoms with E-state index in [-0.39, 0.29) is 22.6 Å². The van der Waals surface area contributed by atoms with Gasteiger partial charge in [0.25, 0.3) is 5.91 Å². The van der Waals surface area contributed by atoms with Crippen LogP contribution in [0.1, 0.15) is 90.8 Å². The van der Waals surface area contributed by atoms with Gasteiger partial charge in [0.05, 0.1) is 25.4 Å². The van der Waals surface area contributed by atoms with Crippen LogP contribution in [-0.4, -0.2) is 48.7 Å². The highest BCUT2D eigenvalue weighted by molar-refractivity contribution is 6.00. The molecule has 0 spiro atoms. The number of aliphatic hydroxyl groups excluding tert-OH is 1. The van der Waals surface area contributed by atoms with Crippen molar-refractivity contribution in [1.29, 1.82) is 0 Å². The van der Waals surface area contributed by atoms with Crippen LogP contribution in [0.4, 0.5) is 0 Å². The molecule has 1 fully saturated rings. The van der Waals surface area contributed by atoms with Crippen molar-refractivity contribution in [3.8, 4) is 11.5 Å². The Hall–Kier alpha value is -3.68. The van der Waals surface area contributed by atoms with Crippen LogP contribution in [0.5, 0.6) is 11.5 Å². The molecule has 1 aliphatic heterocycles. The van der Waals surface area contributed by atoms with E-state index in [9.17, 15) is 14.7 Å². The van der Waals surface area contributed by atoms with Crippen molar-refractivity contribution in [1.82, 2.24) is 10.6 Å². The molecule has 7 nitrogen and oxygen atoms in total. The summed E-state index contributed by atoms with van der Waals surface area (Å²) in [6.45, 7) is 9.41. The molecule has 228 valence electrons. The van der Waals surface area contributed by atoms with Gasteiger partial charge in [-0.2, -0.15) is 0 Å². The third-order valence-electron chi connectivity index (χ3n) is 8.47. The van der Waals surface area contributed by atoms with Crippen LogP contribution in [0.25, 0.3) is 0 Å². The summed E-state index contributed by atoms with van der Waals surface area (Å²) in [5, 5.41) is 18.3. The number of carbonyl (C=O) groups is 2. The first-order chi connectivity index (χ1) is 20.5. The molecule has 5 rings (SSSR count). The molecule has 0 radical (unpaired) electrons. The number of nitrogens with one attached hydrogen (secondary N) is 2. The molecule has 1 amide bonds. The predicted molar refractivity (Wildman–Crippen MR) is 168 cm³/mol. The number of ether oxygens (including phenoxy) is 2. The third-order valence-corrected chi connectivity index (χ3v) is 8.47. The van der Waals surface area contributed by atoms with Gasteiger partial charge in [-0.05, 0) is 91.5 Å². The quantitative estimate of drug-likeness (QED) is 0.321. The Labute approximate surface area is 255 Å². The zero-order chi connectivity index (χ0) is 30.6. The van der Waals surface area contributed by atoms with Crippen LogP contribution >= 0.6 is 0 Å². The Morgan fingerprint density at radius 3 is 2.42 bits per heavy atom. The van der Waals surface area contributed by atoms with Crippen LogP contribution in [0.3, 0.4) is 0 Å². The summed E-state index contributed by atoms with van der Waals surface area (Å²) in [6.07, 6.45) is 3.09. The normalized spacial score (nSPS) is 19.4. The number of aliphatic hydroxyl groups is 1. The molecule has 0 saturated heterocycles. The highest BCUT2D eigenvalue weighted by Gasteiger charge is 2.44. The molecule has 3 aromatic rings. The van der Waals surface area contributed by atoms with E-state index in [4.69, 9.17) is 9.47 Å². The second-order valence-corrected chi connectivity index (χ2v) is 13.0. The average Bonchev–Trinajstić information content (AvgIpc) is 3.78. The SMILES string of the molecule is CC(=O)c1cc2cc(c1)C(=O)N[C@@H]([C@@H](O)CNC1(c3cccc(C(C)(C)C)c3)CC1)Cc1cccc(c1)OCCCCO2. The zero-order valence-electron chi connectivity index (χ0n) is 25.7. The van der Waals surface area contributed by atoms with Crippen molar-refractivity contribution in [2.45, 2.75) is 82.9 Å². The van der Waals surface area contributed by atoms with Crippen molar-refractivity contribution in [3.05, 3.63) is 94.5 Å². The van der Waals surface area contributed by atoms with E-state index in [0.717, 1.165) is 37.0 Å². The maximum absolute atomic E-state index is 13.6. The lowest BCUT2D eigenvalue weighted by Gasteiger charge is -2.28. The van der Waals surface area contributed by atoms with Crippen molar-refractivity contribution < 1.29 is 24.2 Å². The lowest BCUT2D eigenvalue weighted by atomic mass is 9.85. The van der Waals surface area contributed by atoms with Gasteiger partial charge in [0.15, 0.2) is 5.78 Å². The molecule has 43 heavy (non-hydrogen) atoms. The van der Waals surface area contributed by atoms with E-state index in [1.54, 1.807) is 18.2 Å². The molecule has 1 saturated carbocycles. The largest absolute Gasteiger partial charge is 0.494 e. The van der Waals surface area contributed by atoms with Gasteiger partial charge in [-0.25, -0.2) is 0 Å². The van der Waals surface area contributed by atoms with E-state index < -0.39 is 12.1 Å². The van der Waals surface area contributed by atoms with Gasteiger partial charge in [0, 0.05) is 23.2 Å². The molecule has 1 aliphatic carbocycles. The first-order valence-electron chi connectivity index (χ1n) is 15.4. The minimum atomic E-state index is -0.873. The molecular formula is C36H44N2O5. The minimum Gasteiger partial charge on any atom is -0.494 e. The number of benzene rings is 3. The molecule has 3 aromatic carbocycles. The van der Waals surface area contributed by atoms with Gasteiger partial charge < -0.3 is 25.2 Å². The predicted octanol–water partition coefficient (Wildman–Crippen LogP) is 5.72. The summed E-state index contributed by atoms with van der Waals surface area (Å²) in [5.74, 6) is 0.721. The van der Waals surface area contributed by atoms with E-state index in [0.29, 0.717) is 43.1 Å². The molecule has 2 atom stereocenters. The van der Waals surface area contributed by atoms with Crippen LogP contribution < -0.4 is 20.1 Å². The van der Waals surface area contributed by atoms with E-state index in [2.05, 4.69) is 55.7 Å². The molecule has 4 bridgehead atoms. The maximum atomic E-state index is 13.6. The van der Waals surface area contributed by atoms with Crippen molar-refractivity contribution in [3.63, 3.8) is 0 Å². The number of fused-ring (bicyclic) bond motifs is 4. The number of amides is 1. The Balaban J connectivity index is 1.39. The number of hydrogen-bond acceptors (Lipinski definition) is 6. The summed E-state index contributed by atoms with van der Waals surface area (Å²) < 4.78 is 11.9. The number of rotatable bonds is 6. The highest BCUT2D eigenvalue weighted by atomic mass is 16.5. The van der Waals surface area contributed by atoms with Gasteiger partial charge in [-0.15, -0.1) is 0 Å². The Morgan fingerprint density at radius 1 is 1.00 bits per heavy atom. The minimum absolute atomic E-state index is 0.0441. The molecule has 2 aliphatic rings. The molecule has 7 heteroatoms. The summed E-state index contributed by atoms with van der Waals surface area (Å²) >= 11 is 0. The van der Waals surface area contributed by atoms with E-state index in [1.165, 1.54) is 18.1 Å². The van der Waals surface area contributed by atoms with Gasteiger partial charge in [0.1, 0.15) is 11.5 Å². The molecule has 0 aromatic heterocycles. The summed E-state index contributed by atoms with van der Waals surface area (Å²) in [5.41, 5.74) is 4.06. The van der Waals surface area contributed by atoms with Gasteiger partial charge in [-0.1, -0.05) is 57.2 Å². The van der Waals surface area contributed by atoms with Crippen molar-refractivity contribution >= 4 is 11.7 Å². The van der Waals surface area contributed by atoms with E-state index in [1.807, 2.05) is 24.3 Å². The smallest absolute Gasteiger partial charge is 0.251 e. The van der Waals surface area contributed by atoms with Crippen LogP contribution in [0.2, 0.25) is 0 Å². The first-order valence-corrected chi connectivity index (χ1v) is 15.4. The Morgan fingerprint density at radius 2 is 1.72 bits per heavy atom. The lowest BCUT2D eigenvalue weighted by Crippen LogP contribution is -2.50. The maximum Gasteiger partial charge on any atom is 0.251 e. The molecule has 3 N–H and O–H groups in total. The van der Waals surface area contributed by atoms with Gasteiger partial charge in [-0.3, -0.25) is 9.59 Å². The second kappa shape index (κ2) is 12.9. The topological polar surface area (TPSA) is 96.9 Å². The number of carbonyl (C=O) groups excluding carboxylic acids is 2. The first kappa shape index (κ1) is 30.8. The standard InChI is InChI=1S/C36H44N2O5/c1-24(39)26-19-27-21-31(20-26)43-16-6-5-15-42-30-12-7-9-25(17-30)18-32(38-34(27)41)33(40)23-37-36(13-14-36)29-11-8-10-28(22-29)35(2,3)4/h7-12,17,19-22,32-33,37,40H,5-6,13-16,18,23H2,1-4H3,(H,38,41)/t32-,33+/m1/s1. The summed E-state index contributed by atoms with van der Waals surface area (Å²) in [4.78, 5) is 25.9. The average molecular weight is 585 g/mol. The fourth-order valence-corrected chi connectivity index (χ4v) is 5.57. The molecular weight excluding hydrogens is 540 g/mol. The highest BCUT2D eigenvalue weighted by Crippen LogP contribution is 2.46. The van der Waals surface area contributed by atoms with Crippen molar-refractivity contribution in [2.75, 3.05) is 19.8 Å². The summed E-state index contributed by atoms with van der Waals surface area (Å²) in [6, 6.07) is 20.8. The number of Topliss-reactive ketones (excluding diaryl/α,β-unsaturated/α-hetero) is 1. The number of hydrogen-bond donors (Lipinski definition) is 3. The lowest BCUT2D eigenvalue weighted by molar-refractivity contribution is 0.0821. The van der Waals surface area contributed by atoms with Crippen LogP contribution in [0, 0.1) is 0 Å². The molecule has 1 heterocycles. The Kier molecular flexibility index (Phi) is 9.23.